The fourth-order valence-electron chi connectivity index (χ4n) is 1.20. The number of nitrogens with zero attached hydrogens (tertiary/aromatic N) is 1. The average molecular weight is 290 g/mol. The molecule has 1 aromatic carbocycles. The first kappa shape index (κ1) is 14.4. The van der Waals surface area contributed by atoms with Gasteiger partial charge in [0.1, 0.15) is 17.1 Å². The summed E-state index contributed by atoms with van der Waals surface area (Å²) in [5.74, 6) is 4.85. The van der Waals surface area contributed by atoms with E-state index >= 15 is 0 Å². The van der Waals surface area contributed by atoms with Crippen LogP contribution in [0.1, 0.15) is 5.56 Å². The van der Waals surface area contributed by atoms with Crippen molar-refractivity contribution in [3.8, 4) is 11.8 Å². The van der Waals surface area contributed by atoms with Crippen molar-refractivity contribution >= 4 is 25.4 Å². The molecule has 8 heteroatoms. The van der Waals surface area contributed by atoms with Gasteiger partial charge in [-0.25, -0.2) is 8.42 Å². The molecule has 0 fully saturated rings. The lowest BCUT2D eigenvalue weighted by atomic mass is 10.2. The first-order valence-corrected chi connectivity index (χ1v) is 6.88. The number of benzene rings is 1. The molecule has 1 rings (SSSR count). The Morgan fingerprint density at radius 1 is 1.50 bits per heavy atom. The molecule has 18 heavy (non-hydrogen) atoms. The van der Waals surface area contributed by atoms with E-state index in [1.165, 1.54) is 13.2 Å². The normalized spacial score (nSPS) is 10.6. The molecule has 1 aromatic rings. The molecule has 0 aliphatic rings. The molecule has 6 nitrogen and oxygen atoms in total. The molecule has 0 radical (unpaired) electrons. The summed E-state index contributed by atoms with van der Waals surface area (Å²) in [5.41, 5.74) is -0.658. The van der Waals surface area contributed by atoms with Crippen molar-refractivity contribution in [3.05, 3.63) is 33.9 Å². The highest BCUT2D eigenvalue weighted by atomic mass is 35.7. The topological polar surface area (TPSA) is 86.5 Å². The van der Waals surface area contributed by atoms with Crippen LogP contribution in [0.2, 0.25) is 0 Å². The Hall–Kier alpha value is -1.62. The molecule has 0 spiro atoms. The zero-order chi connectivity index (χ0) is 13.8. The highest BCUT2D eigenvalue weighted by Gasteiger charge is 2.22. The van der Waals surface area contributed by atoms with Crippen molar-refractivity contribution in [2.24, 2.45) is 0 Å². The van der Waals surface area contributed by atoms with Crippen LogP contribution in [0, 0.1) is 22.0 Å². The Labute approximate surface area is 108 Å². The van der Waals surface area contributed by atoms with E-state index in [4.69, 9.17) is 10.7 Å². The second-order valence-electron chi connectivity index (χ2n) is 3.08. The largest absolute Gasteiger partial charge is 0.372 e. The van der Waals surface area contributed by atoms with E-state index < -0.39 is 19.7 Å². The molecule has 0 saturated heterocycles. The van der Waals surface area contributed by atoms with Gasteiger partial charge in [-0.1, -0.05) is 17.9 Å². The molecule has 0 aliphatic carbocycles. The minimum absolute atomic E-state index is 0.0216. The number of rotatable bonds is 3. The van der Waals surface area contributed by atoms with E-state index in [1.807, 2.05) is 0 Å². The van der Waals surface area contributed by atoms with Crippen molar-refractivity contribution in [3.63, 3.8) is 0 Å². The standard InChI is InChI=1S/C10H8ClNO5S/c1-17-7-3-4-8-9(12(13)14)5-2-6-10(8)18(11,15)16/h2,5-6H,7H2,1H3. The lowest BCUT2D eigenvalue weighted by Gasteiger charge is -2.01. The molecule has 0 heterocycles. The van der Waals surface area contributed by atoms with Gasteiger partial charge in [-0.3, -0.25) is 10.1 Å². The highest BCUT2D eigenvalue weighted by molar-refractivity contribution is 8.13. The van der Waals surface area contributed by atoms with Gasteiger partial charge in [-0.05, 0) is 6.07 Å². The number of nitro groups is 1. The van der Waals surface area contributed by atoms with Crippen LogP contribution in [0.4, 0.5) is 5.69 Å². The van der Waals surface area contributed by atoms with Gasteiger partial charge in [0.05, 0.1) is 4.92 Å². The minimum atomic E-state index is -4.10. The van der Waals surface area contributed by atoms with Crippen LogP contribution in [-0.2, 0) is 13.8 Å². The third kappa shape index (κ3) is 3.43. The van der Waals surface area contributed by atoms with E-state index in [0.717, 1.165) is 12.1 Å². The van der Waals surface area contributed by atoms with E-state index in [2.05, 4.69) is 16.6 Å². The van der Waals surface area contributed by atoms with Gasteiger partial charge in [0.15, 0.2) is 0 Å². The quantitative estimate of drug-likeness (QED) is 0.364. The van der Waals surface area contributed by atoms with Gasteiger partial charge < -0.3 is 4.74 Å². The fourth-order valence-corrected chi connectivity index (χ4v) is 2.22. The first-order chi connectivity index (χ1) is 8.38. The molecular formula is C10H8ClNO5S. The molecule has 0 aromatic heterocycles. The minimum Gasteiger partial charge on any atom is -0.372 e. The van der Waals surface area contributed by atoms with Gasteiger partial charge >= 0.3 is 0 Å². The van der Waals surface area contributed by atoms with Crippen molar-refractivity contribution in [1.82, 2.24) is 0 Å². The van der Waals surface area contributed by atoms with E-state index in [1.54, 1.807) is 0 Å². The Morgan fingerprint density at radius 3 is 2.67 bits per heavy atom. The molecule has 0 aliphatic heterocycles. The Kier molecular flexibility index (Phi) is 4.67. The molecule has 0 N–H and O–H groups in total. The molecule has 0 atom stereocenters. The van der Waals surface area contributed by atoms with Gasteiger partial charge in [0.2, 0.25) is 0 Å². The molecule has 96 valence electrons. The lowest BCUT2D eigenvalue weighted by Crippen LogP contribution is -2.00. The van der Waals surface area contributed by atoms with Gasteiger partial charge in [0, 0.05) is 23.9 Å². The monoisotopic (exact) mass is 289 g/mol. The van der Waals surface area contributed by atoms with Gasteiger partial charge in [-0.2, -0.15) is 0 Å². The third-order valence-electron chi connectivity index (χ3n) is 1.89. The Morgan fingerprint density at radius 2 is 2.17 bits per heavy atom. The summed E-state index contributed by atoms with van der Waals surface area (Å²) in [6, 6.07) is 3.55. The van der Waals surface area contributed by atoms with E-state index in [9.17, 15) is 18.5 Å². The second kappa shape index (κ2) is 5.82. The lowest BCUT2D eigenvalue weighted by molar-refractivity contribution is -0.385. The zero-order valence-corrected chi connectivity index (χ0v) is 10.8. The summed E-state index contributed by atoms with van der Waals surface area (Å²) in [6.07, 6.45) is 0. The van der Waals surface area contributed by atoms with Crippen LogP contribution in [0.5, 0.6) is 0 Å². The number of methoxy groups -OCH3 is 1. The van der Waals surface area contributed by atoms with Crippen LogP contribution >= 0.6 is 10.7 Å². The summed E-state index contributed by atoms with van der Waals surface area (Å²) in [7, 11) is 2.50. The smallest absolute Gasteiger partial charge is 0.286 e. The van der Waals surface area contributed by atoms with Crippen molar-refractivity contribution < 1.29 is 18.1 Å². The summed E-state index contributed by atoms with van der Waals surface area (Å²) in [6.45, 7) is 0.0216. The predicted molar refractivity (Wildman–Crippen MR) is 64.9 cm³/mol. The number of nitro benzene ring substituents is 1. The number of hydrogen-bond acceptors (Lipinski definition) is 5. The molecule has 0 unspecified atom stereocenters. The summed E-state index contributed by atoms with van der Waals surface area (Å²) in [4.78, 5) is 9.70. The summed E-state index contributed by atoms with van der Waals surface area (Å²) in [5, 5.41) is 10.8. The first-order valence-electron chi connectivity index (χ1n) is 4.58. The van der Waals surface area contributed by atoms with Crippen LogP contribution in [0.25, 0.3) is 0 Å². The van der Waals surface area contributed by atoms with Gasteiger partial charge in [-0.15, -0.1) is 0 Å². The van der Waals surface area contributed by atoms with Crippen LogP contribution in [0.3, 0.4) is 0 Å². The fraction of sp³-hybridized carbons (Fsp3) is 0.200. The van der Waals surface area contributed by atoms with E-state index in [-0.39, 0.29) is 17.1 Å². The van der Waals surface area contributed by atoms with Crippen molar-refractivity contribution in [2.45, 2.75) is 4.90 Å². The van der Waals surface area contributed by atoms with E-state index in [0.29, 0.717) is 0 Å². The maximum atomic E-state index is 11.3. The predicted octanol–water partition coefficient (Wildman–Crippen LogP) is 1.52. The van der Waals surface area contributed by atoms with Gasteiger partial charge in [0.25, 0.3) is 14.7 Å². The Bertz CT molecular complexity index is 629. The number of ether oxygens (including phenoxy) is 1. The second-order valence-corrected chi connectivity index (χ2v) is 5.61. The summed E-state index contributed by atoms with van der Waals surface area (Å²) >= 11 is 0. The average Bonchev–Trinajstić information content (AvgIpc) is 2.27. The maximum absolute atomic E-state index is 11.3. The molecular weight excluding hydrogens is 282 g/mol. The molecule has 0 saturated carbocycles. The Balaban J connectivity index is 3.51. The molecule has 0 bridgehead atoms. The molecule has 0 amide bonds. The highest BCUT2D eigenvalue weighted by Crippen LogP contribution is 2.27. The van der Waals surface area contributed by atoms with Crippen molar-refractivity contribution in [2.75, 3.05) is 13.7 Å². The zero-order valence-electron chi connectivity index (χ0n) is 9.21. The van der Waals surface area contributed by atoms with Crippen LogP contribution < -0.4 is 0 Å². The number of halogens is 1. The summed E-state index contributed by atoms with van der Waals surface area (Å²) < 4.78 is 27.3. The number of hydrogen-bond donors (Lipinski definition) is 0. The SMILES string of the molecule is COCC#Cc1c([N+](=O)[O-])cccc1S(=O)(=O)Cl. The van der Waals surface area contributed by atoms with Crippen LogP contribution in [0.15, 0.2) is 23.1 Å². The maximum Gasteiger partial charge on any atom is 0.286 e. The van der Waals surface area contributed by atoms with Crippen molar-refractivity contribution in [1.29, 1.82) is 0 Å². The third-order valence-corrected chi connectivity index (χ3v) is 3.26. The van der Waals surface area contributed by atoms with Crippen LogP contribution in [-0.4, -0.2) is 27.1 Å².